The molecular weight excluding hydrogens is 434 g/mol. The third-order valence-corrected chi connectivity index (χ3v) is 5.30. The van der Waals surface area contributed by atoms with Gasteiger partial charge < -0.3 is 24.3 Å². The number of para-hydroxylation sites is 2. The first-order chi connectivity index (χ1) is 16.0. The lowest BCUT2D eigenvalue weighted by atomic mass is 10.0. The van der Waals surface area contributed by atoms with Crippen LogP contribution in [0.25, 0.3) is 0 Å². The molecule has 1 aliphatic rings. The molecular formula is C24H22F2N2O5. The summed E-state index contributed by atoms with van der Waals surface area (Å²) in [6, 6.07) is 16.7. The minimum atomic E-state index is -3.09. The van der Waals surface area contributed by atoms with Crippen LogP contribution in [0.5, 0.6) is 23.0 Å². The summed E-state index contributed by atoms with van der Waals surface area (Å²) in [6.45, 7) is -3.09. The van der Waals surface area contributed by atoms with Crippen LogP contribution in [0.2, 0.25) is 0 Å². The van der Waals surface area contributed by atoms with E-state index in [-0.39, 0.29) is 23.0 Å². The van der Waals surface area contributed by atoms with E-state index in [2.05, 4.69) is 5.32 Å². The number of carbonyl (C=O) groups excluding carboxylic acids is 1. The lowest BCUT2D eigenvalue weighted by Gasteiger charge is -2.39. The van der Waals surface area contributed by atoms with Crippen molar-refractivity contribution in [1.29, 1.82) is 0 Å². The summed E-state index contributed by atoms with van der Waals surface area (Å²) in [6.07, 6.45) is -0.904. The molecule has 0 spiro atoms. The summed E-state index contributed by atoms with van der Waals surface area (Å²) in [5, 5.41) is 3.27. The Morgan fingerprint density at radius 2 is 1.67 bits per heavy atom. The Labute approximate surface area is 189 Å². The summed E-state index contributed by atoms with van der Waals surface area (Å²) in [5.41, 5.74) is 1.68. The Morgan fingerprint density at radius 1 is 0.909 bits per heavy atom. The van der Waals surface area contributed by atoms with Gasteiger partial charge in [-0.3, -0.25) is 9.69 Å². The van der Waals surface area contributed by atoms with Crippen LogP contribution >= 0.6 is 0 Å². The van der Waals surface area contributed by atoms with Gasteiger partial charge >= 0.3 is 6.61 Å². The van der Waals surface area contributed by atoms with Gasteiger partial charge in [0, 0.05) is 17.3 Å². The smallest absolute Gasteiger partial charge is 0.387 e. The summed E-state index contributed by atoms with van der Waals surface area (Å²) in [4.78, 5) is 15.1. The van der Waals surface area contributed by atoms with E-state index in [4.69, 9.17) is 18.9 Å². The second kappa shape index (κ2) is 9.23. The van der Waals surface area contributed by atoms with Crippen LogP contribution < -0.4 is 29.2 Å². The normalized spacial score (nSPS) is 15.0. The van der Waals surface area contributed by atoms with Crippen molar-refractivity contribution < 1.29 is 32.5 Å². The summed E-state index contributed by atoms with van der Waals surface area (Å²) >= 11 is 0. The number of halogens is 2. The van der Waals surface area contributed by atoms with Gasteiger partial charge in [0.1, 0.15) is 17.7 Å². The Bertz CT molecular complexity index is 1170. The van der Waals surface area contributed by atoms with E-state index in [9.17, 15) is 13.6 Å². The van der Waals surface area contributed by atoms with Gasteiger partial charge in [0.2, 0.25) is 0 Å². The molecule has 4 rings (SSSR count). The molecule has 0 bridgehead atoms. The molecule has 0 unspecified atom stereocenters. The van der Waals surface area contributed by atoms with Crippen LogP contribution in [0.4, 0.5) is 20.2 Å². The highest BCUT2D eigenvalue weighted by Crippen LogP contribution is 2.45. The summed E-state index contributed by atoms with van der Waals surface area (Å²) in [7, 11) is 4.35. The minimum Gasteiger partial charge on any atom is -0.497 e. The number of fused-ring (bicyclic) bond motifs is 1. The van der Waals surface area contributed by atoms with Gasteiger partial charge in [-0.05, 0) is 30.3 Å². The number of hydrogen-bond acceptors (Lipinski definition) is 6. The highest BCUT2D eigenvalue weighted by Gasteiger charge is 2.38. The minimum absolute atomic E-state index is 0.113. The molecule has 33 heavy (non-hydrogen) atoms. The monoisotopic (exact) mass is 456 g/mol. The number of benzene rings is 3. The lowest BCUT2D eigenvalue weighted by molar-refractivity contribution is -0.0519. The van der Waals surface area contributed by atoms with Gasteiger partial charge in [0.25, 0.3) is 5.91 Å². The highest BCUT2D eigenvalue weighted by atomic mass is 19.3. The molecule has 0 fully saturated rings. The third-order valence-electron chi connectivity index (χ3n) is 5.30. The predicted molar refractivity (Wildman–Crippen MR) is 119 cm³/mol. The number of ether oxygens (including phenoxy) is 4. The van der Waals surface area contributed by atoms with Crippen molar-refractivity contribution in [2.45, 2.75) is 12.8 Å². The van der Waals surface area contributed by atoms with Crippen LogP contribution in [0, 0.1) is 0 Å². The SMILES string of the molecule is COc1ccc(N2C(=O)c3ccccc3N[C@@H]2c2cccc(OC)c2OC(F)F)c(OC)c1. The Hall–Kier alpha value is -4.01. The molecule has 3 aromatic rings. The first kappa shape index (κ1) is 22.2. The topological polar surface area (TPSA) is 69.3 Å². The van der Waals surface area contributed by atoms with Crippen molar-refractivity contribution in [2.75, 3.05) is 31.5 Å². The van der Waals surface area contributed by atoms with Crippen molar-refractivity contribution in [3.8, 4) is 23.0 Å². The van der Waals surface area contributed by atoms with Crippen molar-refractivity contribution in [2.24, 2.45) is 0 Å². The van der Waals surface area contributed by atoms with E-state index in [0.29, 0.717) is 28.4 Å². The Balaban J connectivity index is 1.94. The number of anilines is 2. The number of amides is 1. The van der Waals surface area contributed by atoms with E-state index in [1.807, 2.05) is 0 Å². The van der Waals surface area contributed by atoms with Crippen molar-refractivity contribution >= 4 is 17.3 Å². The van der Waals surface area contributed by atoms with E-state index >= 15 is 0 Å². The zero-order chi connectivity index (χ0) is 23.5. The molecule has 1 N–H and O–H groups in total. The maximum atomic E-state index is 13.7. The summed E-state index contributed by atoms with van der Waals surface area (Å²) in [5.74, 6) is 0.504. The van der Waals surface area contributed by atoms with Gasteiger partial charge in [-0.15, -0.1) is 0 Å². The van der Waals surface area contributed by atoms with Crippen molar-refractivity contribution in [1.82, 2.24) is 0 Å². The molecule has 0 saturated carbocycles. The molecule has 0 aromatic heterocycles. The van der Waals surface area contributed by atoms with Gasteiger partial charge in [-0.1, -0.05) is 24.3 Å². The second-order valence-electron chi connectivity index (χ2n) is 7.06. The fraction of sp³-hybridized carbons (Fsp3) is 0.208. The summed E-state index contributed by atoms with van der Waals surface area (Å²) < 4.78 is 47.5. The van der Waals surface area contributed by atoms with Gasteiger partial charge in [0.05, 0.1) is 32.6 Å². The number of nitrogens with zero attached hydrogens (tertiary/aromatic N) is 1. The average Bonchev–Trinajstić information content (AvgIpc) is 2.83. The molecule has 1 aliphatic heterocycles. The average molecular weight is 456 g/mol. The number of methoxy groups -OCH3 is 3. The van der Waals surface area contributed by atoms with E-state index in [0.717, 1.165) is 0 Å². The van der Waals surface area contributed by atoms with Gasteiger partial charge in [0.15, 0.2) is 11.5 Å². The van der Waals surface area contributed by atoms with Crippen LogP contribution in [0.1, 0.15) is 22.1 Å². The molecule has 1 atom stereocenters. The third kappa shape index (κ3) is 4.09. The molecule has 0 saturated heterocycles. The van der Waals surface area contributed by atoms with E-state index in [1.165, 1.54) is 32.3 Å². The van der Waals surface area contributed by atoms with Crippen molar-refractivity contribution in [3.63, 3.8) is 0 Å². The zero-order valence-electron chi connectivity index (χ0n) is 18.2. The standard InChI is InChI=1S/C24H22F2N2O5/c1-30-14-11-12-18(20(13-14)32-3)28-22(27-17-9-5-4-7-15(17)23(28)29)16-8-6-10-19(31-2)21(16)33-24(25)26/h4-13,22,24,27H,1-3H3/t22-/m0/s1. The molecule has 172 valence electrons. The van der Waals surface area contributed by atoms with Crippen LogP contribution in [0.3, 0.4) is 0 Å². The fourth-order valence-electron chi connectivity index (χ4n) is 3.83. The molecule has 0 aliphatic carbocycles. The number of alkyl halides is 2. The molecule has 7 nitrogen and oxygen atoms in total. The highest BCUT2D eigenvalue weighted by molar-refractivity contribution is 6.12. The number of hydrogen-bond donors (Lipinski definition) is 1. The van der Waals surface area contributed by atoms with Gasteiger partial charge in [-0.2, -0.15) is 8.78 Å². The first-order valence-electron chi connectivity index (χ1n) is 10.0. The molecule has 0 radical (unpaired) electrons. The zero-order valence-corrected chi connectivity index (χ0v) is 18.2. The maximum Gasteiger partial charge on any atom is 0.387 e. The van der Waals surface area contributed by atoms with Crippen LogP contribution in [-0.2, 0) is 0 Å². The van der Waals surface area contributed by atoms with Gasteiger partial charge in [-0.25, -0.2) is 0 Å². The molecule has 3 aromatic carbocycles. The van der Waals surface area contributed by atoms with E-state index in [1.54, 1.807) is 54.6 Å². The fourth-order valence-corrected chi connectivity index (χ4v) is 3.83. The first-order valence-corrected chi connectivity index (χ1v) is 10.0. The number of nitrogens with one attached hydrogen (secondary N) is 1. The quantitative estimate of drug-likeness (QED) is 0.535. The van der Waals surface area contributed by atoms with Crippen LogP contribution in [0.15, 0.2) is 60.7 Å². The molecule has 1 amide bonds. The van der Waals surface area contributed by atoms with E-state index < -0.39 is 12.8 Å². The van der Waals surface area contributed by atoms with Crippen LogP contribution in [-0.4, -0.2) is 33.8 Å². The molecule has 1 heterocycles. The second-order valence-corrected chi connectivity index (χ2v) is 7.06. The largest absolute Gasteiger partial charge is 0.497 e. The Kier molecular flexibility index (Phi) is 6.21. The number of carbonyl (C=O) groups is 1. The lowest BCUT2D eigenvalue weighted by Crippen LogP contribution is -2.43. The maximum absolute atomic E-state index is 13.7. The number of rotatable bonds is 7. The Morgan fingerprint density at radius 3 is 2.36 bits per heavy atom. The van der Waals surface area contributed by atoms with Crippen molar-refractivity contribution in [3.05, 3.63) is 71.8 Å². The molecule has 9 heteroatoms. The predicted octanol–water partition coefficient (Wildman–Crippen LogP) is 5.08.